The lowest BCUT2D eigenvalue weighted by Gasteiger charge is -2.24. The molecule has 0 fully saturated rings. The highest BCUT2D eigenvalue weighted by molar-refractivity contribution is 7.47. The molecule has 0 aliphatic carbocycles. The van der Waals surface area contributed by atoms with Crippen molar-refractivity contribution in [3.63, 3.8) is 0 Å². The van der Waals surface area contributed by atoms with E-state index in [1.165, 1.54) is 103 Å². The second kappa shape index (κ2) is 37.1. The molecule has 0 rings (SSSR count). The maximum absolute atomic E-state index is 12.7. The van der Waals surface area contributed by atoms with Crippen LogP contribution >= 0.6 is 7.82 Å². The van der Waals surface area contributed by atoms with Crippen molar-refractivity contribution < 1.29 is 42.1 Å². The summed E-state index contributed by atoms with van der Waals surface area (Å²) in [6.07, 6.45) is 39.4. The Balaban J connectivity index is 4.39. The lowest BCUT2D eigenvalue weighted by Crippen LogP contribution is -2.37. The van der Waals surface area contributed by atoms with E-state index in [4.69, 9.17) is 18.5 Å². The van der Waals surface area contributed by atoms with E-state index >= 15 is 0 Å². The first-order valence-corrected chi connectivity index (χ1v) is 23.6. The number of quaternary nitrogens is 1. The molecule has 0 saturated heterocycles. The van der Waals surface area contributed by atoms with Crippen LogP contribution in [0.1, 0.15) is 194 Å². The average Bonchev–Trinajstić information content (AvgIpc) is 3.12. The smallest absolute Gasteiger partial charge is 0.462 e. The van der Waals surface area contributed by atoms with Gasteiger partial charge in [-0.2, -0.15) is 0 Å². The molecule has 0 spiro atoms. The number of phosphoric ester groups is 1. The first-order chi connectivity index (χ1) is 26.0. The van der Waals surface area contributed by atoms with Crippen molar-refractivity contribution in [3.8, 4) is 0 Å². The van der Waals surface area contributed by atoms with E-state index in [1.54, 1.807) is 0 Å². The largest absolute Gasteiger partial charge is 0.472 e. The SMILES string of the molecule is CCCCCCCC/C=C/CCCCCCCC(=O)OC[C@H](COP(=O)(O)OCC[N+](C)(C)C)OC(=O)CCCC/C=C/CCCCCCCCCCC. The van der Waals surface area contributed by atoms with Gasteiger partial charge >= 0.3 is 19.8 Å². The number of hydrogen-bond acceptors (Lipinski definition) is 7. The van der Waals surface area contributed by atoms with Gasteiger partial charge in [0, 0.05) is 12.8 Å². The van der Waals surface area contributed by atoms with Crippen molar-refractivity contribution in [2.75, 3.05) is 47.5 Å². The van der Waals surface area contributed by atoms with Gasteiger partial charge in [-0.25, -0.2) is 4.57 Å². The van der Waals surface area contributed by atoms with Crippen molar-refractivity contribution >= 4 is 19.8 Å². The Morgan fingerprint density at radius 3 is 1.41 bits per heavy atom. The van der Waals surface area contributed by atoms with Crippen LogP contribution in [0, 0.1) is 0 Å². The highest BCUT2D eigenvalue weighted by Gasteiger charge is 2.27. The number of rotatable bonds is 40. The molecule has 318 valence electrons. The summed E-state index contributed by atoms with van der Waals surface area (Å²) in [5.41, 5.74) is 0. The number of ether oxygens (including phenoxy) is 2. The van der Waals surface area contributed by atoms with E-state index in [-0.39, 0.29) is 32.0 Å². The molecule has 9 nitrogen and oxygen atoms in total. The second-order valence-electron chi connectivity index (χ2n) is 16.1. The molecule has 0 bridgehead atoms. The quantitative estimate of drug-likeness (QED) is 0.0215. The Kier molecular flexibility index (Phi) is 36.1. The first-order valence-electron chi connectivity index (χ1n) is 22.1. The van der Waals surface area contributed by atoms with Gasteiger partial charge in [-0.05, 0) is 64.2 Å². The van der Waals surface area contributed by atoms with Gasteiger partial charge in [-0.15, -0.1) is 0 Å². The van der Waals surface area contributed by atoms with Gasteiger partial charge in [-0.1, -0.05) is 141 Å². The van der Waals surface area contributed by atoms with Crippen LogP contribution in [-0.2, 0) is 32.7 Å². The normalized spacial score (nSPS) is 13.8. The Labute approximate surface area is 332 Å². The molecule has 0 amide bonds. The van der Waals surface area contributed by atoms with Crippen LogP contribution in [0.3, 0.4) is 0 Å². The van der Waals surface area contributed by atoms with Crippen LogP contribution in [0.5, 0.6) is 0 Å². The third kappa shape index (κ3) is 40.2. The fraction of sp³-hybridized carbons (Fsp3) is 0.864. The predicted molar refractivity (Wildman–Crippen MR) is 224 cm³/mol. The van der Waals surface area contributed by atoms with Crippen LogP contribution in [0.15, 0.2) is 24.3 Å². The van der Waals surface area contributed by atoms with Crippen molar-refractivity contribution in [2.45, 2.75) is 200 Å². The maximum Gasteiger partial charge on any atom is 0.472 e. The van der Waals surface area contributed by atoms with E-state index < -0.39 is 26.5 Å². The summed E-state index contributed by atoms with van der Waals surface area (Å²) in [6, 6.07) is 0. The van der Waals surface area contributed by atoms with Crippen LogP contribution in [0.4, 0.5) is 0 Å². The summed E-state index contributed by atoms with van der Waals surface area (Å²) in [5.74, 6) is -0.830. The molecule has 0 aliphatic rings. The predicted octanol–water partition coefficient (Wildman–Crippen LogP) is 12.4. The Morgan fingerprint density at radius 1 is 0.556 bits per heavy atom. The molecular formula is C44H85NO8P+. The highest BCUT2D eigenvalue weighted by Crippen LogP contribution is 2.43. The molecule has 1 N–H and O–H groups in total. The van der Waals surface area contributed by atoms with Crippen molar-refractivity contribution in [3.05, 3.63) is 24.3 Å². The van der Waals surface area contributed by atoms with Gasteiger partial charge in [-0.3, -0.25) is 18.6 Å². The topological polar surface area (TPSA) is 108 Å². The van der Waals surface area contributed by atoms with Gasteiger partial charge in [0.2, 0.25) is 0 Å². The van der Waals surface area contributed by atoms with Gasteiger partial charge < -0.3 is 18.9 Å². The monoisotopic (exact) mass is 787 g/mol. The van der Waals surface area contributed by atoms with Gasteiger partial charge in [0.25, 0.3) is 0 Å². The van der Waals surface area contributed by atoms with E-state index in [1.807, 2.05) is 21.1 Å². The number of hydrogen-bond donors (Lipinski definition) is 1. The van der Waals surface area contributed by atoms with E-state index in [0.29, 0.717) is 17.4 Å². The lowest BCUT2D eigenvalue weighted by molar-refractivity contribution is -0.870. The number of esters is 2. The molecule has 0 aromatic carbocycles. The Bertz CT molecular complexity index is 980. The molecule has 10 heteroatoms. The Morgan fingerprint density at radius 2 is 0.944 bits per heavy atom. The molecule has 0 aromatic rings. The summed E-state index contributed by atoms with van der Waals surface area (Å²) in [5, 5.41) is 0. The summed E-state index contributed by atoms with van der Waals surface area (Å²) >= 11 is 0. The molecule has 0 radical (unpaired) electrons. The molecular weight excluding hydrogens is 701 g/mol. The molecule has 54 heavy (non-hydrogen) atoms. The zero-order chi connectivity index (χ0) is 40.0. The Hall–Kier alpha value is -1.51. The van der Waals surface area contributed by atoms with E-state index in [9.17, 15) is 19.0 Å². The second-order valence-corrected chi connectivity index (χ2v) is 17.5. The highest BCUT2D eigenvalue weighted by atomic mass is 31.2. The molecule has 2 atom stereocenters. The number of carbonyl (C=O) groups is 2. The fourth-order valence-electron chi connectivity index (χ4n) is 5.94. The van der Waals surface area contributed by atoms with Crippen molar-refractivity contribution in [2.24, 2.45) is 0 Å². The van der Waals surface area contributed by atoms with Crippen molar-refractivity contribution in [1.29, 1.82) is 0 Å². The molecule has 1 unspecified atom stereocenters. The van der Waals surface area contributed by atoms with Gasteiger partial charge in [0.1, 0.15) is 19.8 Å². The fourth-order valence-corrected chi connectivity index (χ4v) is 6.69. The number of phosphoric acid groups is 1. The minimum Gasteiger partial charge on any atom is -0.462 e. The number of carbonyl (C=O) groups excluding carboxylic acids is 2. The summed E-state index contributed by atoms with van der Waals surface area (Å²) < 4.78 is 34.3. The van der Waals surface area contributed by atoms with Crippen LogP contribution in [0.25, 0.3) is 0 Å². The zero-order valence-electron chi connectivity index (χ0n) is 35.7. The number of unbranched alkanes of at least 4 members (excludes halogenated alkanes) is 22. The minimum atomic E-state index is -4.38. The standard InChI is InChI=1S/C44H84NO8P/c1-6-8-10-12-14-16-18-20-22-24-26-28-30-32-34-36-43(46)50-40-42(41-52-54(48,49)51-39-38-45(3,4)5)53-44(47)37-35-33-31-29-27-25-23-21-19-17-15-13-11-9-7-2/h20,22,27,29,42H,6-19,21,23-26,28,30-41H2,1-5H3/p+1/b22-20+,29-27+/t42-/m1/s1. The first kappa shape index (κ1) is 52.5. The van der Waals surface area contributed by atoms with Crippen LogP contribution in [0.2, 0.25) is 0 Å². The minimum absolute atomic E-state index is 0.0281. The summed E-state index contributed by atoms with van der Waals surface area (Å²) in [4.78, 5) is 35.3. The van der Waals surface area contributed by atoms with E-state index in [2.05, 4.69) is 38.2 Å². The average molecular weight is 787 g/mol. The summed E-state index contributed by atoms with van der Waals surface area (Å²) in [7, 11) is 1.46. The molecule has 0 saturated carbocycles. The number of nitrogens with zero attached hydrogens (tertiary/aromatic N) is 1. The summed E-state index contributed by atoms with van der Waals surface area (Å²) in [6.45, 7) is 4.39. The van der Waals surface area contributed by atoms with Gasteiger partial charge in [0.15, 0.2) is 6.10 Å². The van der Waals surface area contributed by atoms with Crippen LogP contribution in [-0.4, -0.2) is 74.9 Å². The number of allylic oxidation sites excluding steroid dienone is 4. The zero-order valence-corrected chi connectivity index (χ0v) is 36.6. The molecule has 0 aromatic heterocycles. The third-order valence-corrected chi connectivity index (χ3v) is 10.4. The van der Waals surface area contributed by atoms with Crippen LogP contribution < -0.4 is 0 Å². The van der Waals surface area contributed by atoms with Gasteiger partial charge in [0.05, 0.1) is 27.7 Å². The maximum atomic E-state index is 12.7. The lowest BCUT2D eigenvalue weighted by atomic mass is 10.1. The third-order valence-electron chi connectivity index (χ3n) is 9.45. The van der Waals surface area contributed by atoms with Crippen molar-refractivity contribution in [1.82, 2.24) is 0 Å². The molecule has 0 heterocycles. The molecule has 0 aliphatic heterocycles. The van der Waals surface area contributed by atoms with E-state index in [0.717, 1.165) is 57.8 Å². The number of likely N-dealkylation sites (N-methyl/N-ethyl adjacent to an activating group) is 1.